The quantitative estimate of drug-likeness (QED) is 0.738. The average Bonchev–Trinajstić information content (AvgIpc) is 2.56. The van der Waals surface area contributed by atoms with Crippen LogP contribution in [0.3, 0.4) is 0 Å². The lowest BCUT2D eigenvalue weighted by Crippen LogP contribution is -2.34. The molecule has 0 radical (unpaired) electrons. The van der Waals surface area contributed by atoms with Crippen molar-refractivity contribution < 1.29 is 9.18 Å². The van der Waals surface area contributed by atoms with Crippen LogP contribution in [0.4, 0.5) is 4.39 Å². The van der Waals surface area contributed by atoms with Crippen LogP contribution in [0, 0.1) is 5.82 Å². The van der Waals surface area contributed by atoms with Gasteiger partial charge in [-0.05, 0) is 37.1 Å². The second-order valence-electron chi connectivity index (χ2n) is 5.58. The number of amides is 1. The highest BCUT2D eigenvalue weighted by Crippen LogP contribution is 2.17. The van der Waals surface area contributed by atoms with Crippen molar-refractivity contribution in [2.24, 2.45) is 0 Å². The molecular weight excluding hydrogens is 373 g/mol. The lowest BCUT2D eigenvalue weighted by Gasteiger charge is -2.15. The summed E-state index contributed by atoms with van der Waals surface area (Å²) in [5.74, 6) is -0.863. The monoisotopic (exact) mass is 387 g/mol. The molecule has 4 nitrogen and oxygen atoms in total. The molecule has 2 aromatic carbocycles. The van der Waals surface area contributed by atoms with Crippen LogP contribution in [0.1, 0.15) is 22.8 Å². The summed E-state index contributed by atoms with van der Waals surface area (Å²) in [6.45, 7) is 1.91. The molecule has 6 heteroatoms. The molecule has 1 amide bonds. The van der Waals surface area contributed by atoms with Gasteiger partial charge in [0.05, 0.1) is 11.1 Å². The van der Waals surface area contributed by atoms with Gasteiger partial charge in [0, 0.05) is 29.0 Å². The molecule has 1 atom stereocenters. The highest BCUT2D eigenvalue weighted by Gasteiger charge is 2.16. The van der Waals surface area contributed by atoms with Crippen molar-refractivity contribution in [3.05, 3.63) is 70.2 Å². The molecular formula is C18H15BrFN3O. The zero-order chi connectivity index (χ0) is 17.1. The molecule has 3 aromatic rings. The molecule has 1 heterocycles. The third kappa shape index (κ3) is 3.76. The van der Waals surface area contributed by atoms with Gasteiger partial charge in [0.1, 0.15) is 11.3 Å². The summed E-state index contributed by atoms with van der Waals surface area (Å²) in [4.78, 5) is 20.7. The Labute approximate surface area is 147 Å². The van der Waals surface area contributed by atoms with Crippen molar-refractivity contribution in [2.45, 2.75) is 19.4 Å². The molecule has 3 rings (SSSR count). The number of benzene rings is 2. The van der Waals surface area contributed by atoms with E-state index < -0.39 is 5.82 Å². The van der Waals surface area contributed by atoms with Gasteiger partial charge in [-0.2, -0.15) is 0 Å². The molecule has 0 aliphatic rings. The SMILES string of the molecule is CC(Cc1ccc(Br)cc1)NC(=O)c1cc(F)cc2nccnc12. The van der Waals surface area contributed by atoms with Gasteiger partial charge in [0.25, 0.3) is 5.91 Å². The summed E-state index contributed by atoms with van der Waals surface area (Å²) in [5.41, 5.74) is 2.06. The van der Waals surface area contributed by atoms with E-state index in [4.69, 9.17) is 0 Å². The number of hydrogen-bond donors (Lipinski definition) is 1. The molecule has 0 saturated heterocycles. The highest BCUT2D eigenvalue weighted by molar-refractivity contribution is 9.10. The predicted octanol–water partition coefficient (Wildman–Crippen LogP) is 3.89. The Morgan fingerprint density at radius 1 is 1.21 bits per heavy atom. The predicted molar refractivity (Wildman–Crippen MR) is 94.3 cm³/mol. The molecule has 24 heavy (non-hydrogen) atoms. The maximum absolute atomic E-state index is 13.7. The molecule has 0 aliphatic carbocycles. The fourth-order valence-electron chi connectivity index (χ4n) is 2.54. The number of aromatic nitrogens is 2. The summed E-state index contributed by atoms with van der Waals surface area (Å²) >= 11 is 3.39. The van der Waals surface area contributed by atoms with Crippen LogP contribution >= 0.6 is 15.9 Å². The third-order valence-corrected chi connectivity index (χ3v) is 4.14. The number of fused-ring (bicyclic) bond motifs is 1. The molecule has 1 N–H and O–H groups in total. The van der Waals surface area contributed by atoms with E-state index in [2.05, 4.69) is 31.2 Å². The fraction of sp³-hybridized carbons (Fsp3) is 0.167. The first kappa shape index (κ1) is 16.5. The van der Waals surface area contributed by atoms with Crippen molar-refractivity contribution in [1.29, 1.82) is 0 Å². The lowest BCUT2D eigenvalue weighted by molar-refractivity contribution is 0.0941. The van der Waals surface area contributed by atoms with Crippen molar-refractivity contribution in [3.63, 3.8) is 0 Å². The van der Waals surface area contributed by atoms with Crippen molar-refractivity contribution in [1.82, 2.24) is 15.3 Å². The van der Waals surface area contributed by atoms with E-state index in [1.165, 1.54) is 24.5 Å². The lowest BCUT2D eigenvalue weighted by atomic mass is 10.1. The Kier molecular flexibility index (Phi) is 4.85. The molecule has 0 saturated carbocycles. The third-order valence-electron chi connectivity index (χ3n) is 3.62. The summed E-state index contributed by atoms with van der Waals surface area (Å²) in [5, 5.41) is 2.89. The molecule has 0 aliphatic heterocycles. The smallest absolute Gasteiger partial charge is 0.253 e. The molecule has 122 valence electrons. The van der Waals surface area contributed by atoms with Gasteiger partial charge >= 0.3 is 0 Å². The first-order valence-electron chi connectivity index (χ1n) is 7.48. The van der Waals surface area contributed by atoms with E-state index in [-0.39, 0.29) is 17.5 Å². The number of carbonyl (C=O) groups excluding carboxylic acids is 1. The number of hydrogen-bond acceptors (Lipinski definition) is 3. The number of nitrogens with one attached hydrogen (secondary N) is 1. The van der Waals surface area contributed by atoms with Gasteiger partial charge in [0.15, 0.2) is 0 Å². The molecule has 1 unspecified atom stereocenters. The Morgan fingerprint density at radius 2 is 1.92 bits per heavy atom. The van der Waals surface area contributed by atoms with Crippen molar-refractivity contribution in [3.8, 4) is 0 Å². The van der Waals surface area contributed by atoms with E-state index in [0.717, 1.165) is 10.0 Å². The van der Waals surface area contributed by atoms with Crippen LogP contribution in [0.25, 0.3) is 11.0 Å². The van der Waals surface area contributed by atoms with Gasteiger partial charge in [-0.1, -0.05) is 28.1 Å². The minimum atomic E-state index is -0.506. The maximum Gasteiger partial charge on any atom is 0.253 e. The van der Waals surface area contributed by atoms with Crippen LogP contribution in [-0.2, 0) is 6.42 Å². The van der Waals surface area contributed by atoms with Gasteiger partial charge in [-0.25, -0.2) is 4.39 Å². The summed E-state index contributed by atoms with van der Waals surface area (Å²) in [6, 6.07) is 10.3. The minimum Gasteiger partial charge on any atom is -0.349 e. The second-order valence-corrected chi connectivity index (χ2v) is 6.50. The molecule has 0 fully saturated rings. The van der Waals surface area contributed by atoms with Crippen molar-refractivity contribution >= 4 is 32.9 Å². The Bertz CT molecular complexity index is 883. The normalized spacial score (nSPS) is 12.1. The second kappa shape index (κ2) is 7.05. The number of carbonyl (C=O) groups is 1. The van der Waals surface area contributed by atoms with E-state index in [9.17, 15) is 9.18 Å². The van der Waals surface area contributed by atoms with E-state index >= 15 is 0 Å². The standard InChI is InChI=1S/C18H15BrFN3O/c1-11(8-12-2-4-13(19)5-3-12)23-18(24)15-9-14(20)10-16-17(15)22-7-6-21-16/h2-7,9-11H,8H2,1H3,(H,23,24). The van der Waals surface area contributed by atoms with Gasteiger partial charge in [-0.3, -0.25) is 14.8 Å². The maximum atomic E-state index is 13.7. The van der Waals surface area contributed by atoms with E-state index in [0.29, 0.717) is 17.5 Å². The Balaban J connectivity index is 1.78. The number of rotatable bonds is 4. The zero-order valence-electron chi connectivity index (χ0n) is 13.0. The first-order valence-corrected chi connectivity index (χ1v) is 8.28. The average molecular weight is 388 g/mol. The zero-order valence-corrected chi connectivity index (χ0v) is 14.5. The van der Waals surface area contributed by atoms with Crippen LogP contribution < -0.4 is 5.32 Å². The molecule has 0 bridgehead atoms. The highest BCUT2D eigenvalue weighted by atomic mass is 79.9. The number of nitrogens with zero attached hydrogens (tertiary/aromatic N) is 2. The minimum absolute atomic E-state index is 0.103. The fourth-order valence-corrected chi connectivity index (χ4v) is 2.80. The number of halogens is 2. The Morgan fingerprint density at radius 3 is 2.67 bits per heavy atom. The van der Waals surface area contributed by atoms with Gasteiger partial charge in [-0.15, -0.1) is 0 Å². The summed E-state index contributed by atoms with van der Waals surface area (Å²) < 4.78 is 14.7. The molecule has 1 aromatic heterocycles. The van der Waals surface area contributed by atoms with Crippen LogP contribution in [0.2, 0.25) is 0 Å². The topological polar surface area (TPSA) is 54.9 Å². The van der Waals surface area contributed by atoms with Crippen LogP contribution in [-0.4, -0.2) is 21.9 Å². The molecule has 0 spiro atoms. The Hall–Kier alpha value is -2.34. The largest absolute Gasteiger partial charge is 0.349 e. The van der Waals surface area contributed by atoms with E-state index in [1.807, 2.05) is 31.2 Å². The van der Waals surface area contributed by atoms with Crippen molar-refractivity contribution in [2.75, 3.05) is 0 Å². The van der Waals surface area contributed by atoms with Crippen LogP contribution in [0.15, 0.2) is 53.3 Å². The first-order chi connectivity index (χ1) is 11.5. The van der Waals surface area contributed by atoms with Gasteiger partial charge in [0.2, 0.25) is 0 Å². The van der Waals surface area contributed by atoms with E-state index in [1.54, 1.807) is 0 Å². The summed E-state index contributed by atoms with van der Waals surface area (Å²) in [6.07, 6.45) is 3.64. The van der Waals surface area contributed by atoms with Gasteiger partial charge < -0.3 is 5.32 Å². The summed E-state index contributed by atoms with van der Waals surface area (Å²) in [7, 11) is 0. The van der Waals surface area contributed by atoms with Crippen LogP contribution in [0.5, 0.6) is 0 Å².